The normalized spacial score (nSPS) is 17.5. The third-order valence-electron chi connectivity index (χ3n) is 6.98. The van der Waals surface area contributed by atoms with Gasteiger partial charge in [-0.1, -0.05) is 121 Å². The lowest BCUT2D eigenvalue weighted by Gasteiger charge is -2.31. The molecule has 5 rings (SSSR count). The van der Waals surface area contributed by atoms with E-state index >= 15 is 0 Å². The van der Waals surface area contributed by atoms with Crippen molar-refractivity contribution in [2.24, 2.45) is 0 Å². The van der Waals surface area contributed by atoms with Crippen LogP contribution in [0.2, 0.25) is 0 Å². The van der Waals surface area contributed by atoms with Crippen LogP contribution in [0.3, 0.4) is 0 Å². The number of hydrogen-bond acceptors (Lipinski definition) is 2. The van der Waals surface area contributed by atoms with E-state index in [1.54, 1.807) is 0 Å². The van der Waals surface area contributed by atoms with Gasteiger partial charge in [-0.3, -0.25) is 0 Å². The van der Waals surface area contributed by atoms with Crippen LogP contribution in [0.1, 0.15) is 27.2 Å². The van der Waals surface area contributed by atoms with Crippen molar-refractivity contribution in [1.29, 1.82) is 0 Å². The van der Waals surface area contributed by atoms with E-state index in [4.69, 9.17) is 4.74 Å². The van der Waals surface area contributed by atoms with Crippen LogP contribution in [-0.4, -0.2) is 41.0 Å². The van der Waals surface area contributed by atoms with Crippen LogP contribution in [-0.2, 0) is 4.74 Å². The molecule has 4 aromatic carbocycles. The molecule has 0 radical (unpaired) electrons. The third-order valence-corrected chi connectivity index (χ3v) is 12.4. The first kappa shape index (κ1) is 27.6. The number of nitrogens with zero attached hydrogens (tertiary/aromatic N) is 1. The summed E-state index contributed by atoms with van der Waals surface area (Å²) in [5.74, 6) is 0. The molecule has 1 aliphatic heterocycles. The molecule has 0 spiro atoms. The van der Waals surface area contributed by atoms with E-state index in [1.807, 2.05) is 20.8 Å². The molecule has 1 aliphatic rings. The predicted molar refractivity (Wildman–Crippen MR) is 168 cm³/mol. The lowest BCUT2D eigenvalue weighted by atomic mass is 10.2. The van der Waals surface area contributed by atoms with E-state index in [-0.39, 0.29) is 12.1 Å². The predicted octanol–water partition coefficient (Wildman–Crippen LogP) is 6.63. The fourth-order valence-electron chi connectivity index (χ4n) is 5.33. The molecule has 1 amide bonds. The van der Waals surface area contributed by atoms with Gasteiger partial charge in [0.05, 0.1) is 0 Å². The first-order valence-corrected chi connectivity index (χ1v) is 16.6. The highest BCUT2D eigenvalue weighted by atomic mass is 31.1. The molecule has 0 saturated carbocycles. The van der Waals surface area contributed by atoms with E-state index in [0.717, 1.165) is 12.6 Å². The number of carbonyl (C=O) groups excluding carboxylic acids is 1. The molecule has 0 bridgehead atoms. The third kappa shape index (κ3) is 6.96. The zero-order valence-corrected chi connectivity index (χ0v) is 24.8. The van der Waals surface area contributed by atoms with Crippen LogP contribution >= 0.6 is 15.8 Å². The maximum Gasteiger partial charge on any atom is 0.410 e. The lowest BCUT2D eigenvalue weighted by Crippen LogP contribution is -2.42. The van der Waals surface area contributed by atoms with Crippen molar-refractivity contribution in [3.8, 4) is 0 Å². The number of likely N-dealkylation sites (tertiary alicyclic amines) is 1. The van der Waals surface area contributed by atoms with Crippen LogP contribution in [0.4, 0.5) is 4.79 Å². The van der Waals surface area contributed by atoms with Gasteiger partial charge in [0.1, 0.15) is 5.60 Å². The standard InChI is InChI=1S/C34H37NO2P2/c1-34(2,3)37-33(36)35-25-32(39(30-20-12-6-13-21-30)31-22-14-7-15-23-31)24-27(35)26-38(28-16-8-4-9-17-28)29-18-10-5-11-19-29/h4-23,27,32H,24-26H2,1-3H3/t27?,32-/m0/s1. The van der Waals surface area contributed by atoms with Crippen molar-refractivity contribution in [2.75, 3.05) is 12.7 Å². The molecular formula is C34H37NO2P2. The summed E-state index contributed by atoms with van der Waals surface area (Å²) >= 11 is 0. The molecule has 4 aromatic rings. The Hall–Kier alpha value is -2.99. The Morgan fingerprint density at radius 3 is 1.54 bits per heavy atom. The van der Waals surface area contributed by atoms with Gasteiger partial charge in [-0.2, -0.15) is 0 Å². The molecule has 0 aromatic heterocycles. The SMILES string of the molecule is CC(C)(C)OC(=O)N1C[C@@H](P(c2ccccc2)c2ccccc2)CC1CP(c1ccccc1)c1ccccc1. The summed E-state index contributed by atoms with van der Waals surface area (Å²) < 4.78 is 5.99. The van der Waals surface area contributed by atoms with Gasteiger partial charge in [-0.15, -0.1) is 0 Å². The van der Waals surface area contributed by atoms with Gasteiger partial charge < -0.3 is 9.64 Å². The van der Waals surface area contributed by atoms with E-state index in [2.05, 4.69) is 126 Å². The van der Waals surface area contributed by atoms with Crippen molar-refractivity contribution in [3.05, 3.63) is 121 Å². The molecule has 200 valence electrons. The van der Waals surface area contributed by atoms with E-state index in [9.17, 15) is 4.79 Å². The van der Waals surface area contributed by atoms with Crippen LogP contribution in [0.15, 0.2) is 121 Å². The number of amides is 1. The van der Waals surface area contributed by atoms with Gasteiger partial charge in [-0.25, -0.2) is 4.79 Å². The summed E-state index contributed by atoms with van der Waals surface area (Å²) in [5.41, 5.74) is -0.182. The maximum atomic E-state index is 13.7. The minimum absolute atomic E-state index is 0.105. The van der Waals surface area contributed by atoms with Gasteiger partial charge in [-0.05, 0) is 70.4 Å². The molecular weight excluding hydrogens is 516 g/mol. The van der Waals surface area contributed by atoms with Crippen LogP contribution in [0, 0.1) is 0 Å². The first-order chi connectivity index (χ1) is 18.9. The average molecular weight is 554 g/mol. The maximum absolute atomic E-state index is 13.7. The highest BCUT2D eigenvalue weighted by molar-refractivity contribution is 7.74. The van der Waals surface area contributed by atoms with Gasteiger partial charge in [0.15, 0.2) is 0 Å². The number of hydrogen-bond donors (Lipinski definition) is 0. The van der Waals surface area contributed by atoms with Crippen molar-refractivity contribution < 1.29 is 9.53 Å². The van der Waals surface area contributed by atoms with Gasteiger partial charge >= 0.3 is 6.09 Å². The molecule has 2 atom stereocenters. The minimum Gasteiger partial charge on any atom is -0.444 e. The van der Waals surface area contributed by atoms with Gasteiger partial charge in [0, 0.05) is 18.2 Å². The Morgan fingerprint density at radius 1 is 0.718 bits per heavy atom. The lowest BCUT2D eigenvalue weighted by molar-refractivity contribution is 0.0242. The second-order valence-electron chi connectivity index (χ2n) is 11.0. The van der Waals surface area contributed by atoms with E-state index in [0.29, 0.717) is 12.2 Å². The molecule has 0 N–H and O–H groups in total. The monoisotopic (exact) mass is 553 g/mol. The largest absolute Gasteiger partial charge is 0.444 e. The van der Waals surface area contributed by atoms with Crippen molar-refractivity contribution in [3.63, 3.8) is 0 Å². The van der Waals surface area contributed by atoms with Gasteiger partial charge in [0.25, 0.3) is 0 Å². The fraction of sp³-hybridized carbons (Fsp3) is 0.265. The zero-order valence-electron chi connectivity index (χ0n) is 23.0. The molecule has 39 heavy (non-hydrogen) atoms. The van der Waals surface area contributed by atoms with Crippen LogP contribution in [0.25, 0.3) is 0 Å². The second-order valence-corrected chi connectivity index (χ2v) is 15.8. The van der Waals surface area contributed by atoms with Gasteiger partial charge in [0.2, 0.25) is 0 Å². The Balaban J connectivity index is 1.51. The van der Waals surface area contributed by atoms with Crippen LogP contribution in [0.5, 0.6) is 0 Å². The van der Waals surface area contributed by atoms with E-state index < -0.39 is 21.4 Å². The highest BCUT2D eigenvalue weighted by Crippen LogP contribution is 2.48. The molecule has 1 saturated heterocycles. The van der Waals surface area contributed by atoms with Crippen molar-refractivity contribution in [2.45, 2.75) is 44.5 Å². The summed E-state index contributed by atoms with van der Waals surface area (Å²) in [7, 11) is -1.27. The number of ether oxygens (including phenoxy) is 1. The Bertz CT molecular complexity index is 1250. The summed E-state index contributed by atoms with van der Waals surface area (Å²) in [6.45, 7) is 6.57. The topological polar surface area (TPSA) is 29.5 Å². The average Bonchev–Trinajstić information content (AvgIpc) is 3.36. The molecule has 1 fully saturated rings. The Labute approximate surface area is 235 Å². The Morgan fingerprint density at radius 2 is 1.13 bits per heavy atom. The highest BCUT2D eigenvalue weighted by Gasteiger charge is 2.42. The minimum atomic E-state index is -0.639. The zero-order chi connectivity index (χ0) is 27.2. The summed E-state index contributed by atoms with van der Waals surface area (Å²) in [5, 5.41) is 5.42. The number of benzene rings is 4. The number of carbonyl (C=O) groups is 1. The summed E-state index contributed by atoms with van der Waals surface area (Å²) in [6.07, 6.45) is 1.70. The van der Waals surface area contributed by atoms with E-state index in [1.165, 1.54) is 21.2 Å². The summed E-state index contributed by atoms with van der Waals surface area (Å²) in [4.78, 5) is 15.7. The molecule has 0 aliphatic carbocycles. The fourth-order valence-corrected chi connectivity index (χ4v) is 10.8. The van der Waals surface area contributed by atoms with Crippen molar-refractivity contribution in [1.82, 2.24) is 4.90 Å². The smallest absolute Gasteiger partial charge is 0.410 e. The molecule has 3 nitrogen and oxygen atoms in total. The molecule has 1 heterocycles. The second kappa shape index (κ2) is 12.5. The van der Waals surface area contributed by atoms with Crippen molar-refractivity contribution >= 4 is 43.2 Å². The molecule has 1 unspecified atom stereocenters. The Kier molecular flexibility index (Phi) is 8.81. The molecule has 5 heteroatoms. The van der Waals surface area contributed by atoms with Crippen LogP contribution < -0.4 is 21.2 Å². The quantitative estimate of drug-likeness (QED) is 0.241. The summed E-state index contributed by atoms with van der Waals surface area (Å²) in [6, 6.07) is 43.4. The first-order valence-electron chi connectivity index (χ1n) is 13.7. The number of rotatable bonds is 7.